The highest BCUT2D eigenvalue weighted by Gasteiger charge is 2.14. The number of nitrogens with one attached hydrogen (secondary N) is 1. The highest BCUT2D eigenvalue weighted by Crippen LogP contribution is 2.13. The minimum absolute atomic E-state index is 0.138. The van der Waals surface area contributed by atoms with E-state index in [0.29, 0.717) is 0 Å². The van der Waals surface area contributed by atoms with Crippen molar-refractivity contribution in [1.82, 2.24) is 10.2 Å². The molecule has 88 valence electrons. The zero-order valence-corrected chi connectivity index (χ0v) is 9.95. The molecule has 1 aliphatic rings. The first-order valence-corrected chi connectivity index (χ1v) is 6.01. The number of benzene rings is 1. The Bertz CT molecular complexity index is 314. The second-order valence-electron chi connectivity index (χ2n) is 4.57. The molecule has 1 heterocycles. The van der Waals surface area contributed by atoms with Crippen LogP contribution in [0.3, 0.4) is 0 Å². The molecule has 1 fully saturated rings. The van der Waals surface area contributed by atoms with E-state index in [1.54, 1.807) is 0 Å². The average Bonchev–Trinajstić information content (AvgIpc) is 2.31. The molecule has 3 nitrogen and oxygen atoms in total. The van der Waals surface area contributed by atoms with Crippen molar-refractivity contribution < 1.29 is 0 Å². The summed E-state index contributed by atoms with van der Waals surface area (Å²) in [4.78, 5) is 2.43. The summed E-state index contributed by atoms with van der Waals surface area (Å²) in [6.45, 7) is 7.46. The topological polar surface area (TPSA) is 41.3 Å². The smallest absolute Gasteiger partial charge is 0.0424 e. The van der Waals surface area contributed by atoms with Crippen molar-refractivity contribution in [2.45, 2.75) is 13.0 Å². The Kier molecular flexibility index (Phi) is 3.93. The molecule has 3 heteroatoms. The van der Waals surface area contributed by atoms with Gasteiger partial charge in [0.1, 0.15) is 0 Å². The molecule has 1 aromatic carbocycles. The third-order valence-electron chi connectivity index (χ3n) is 3.17. The van der Waals surface area contributed by atoms with Crippen LogP contribution in [-0.2, 0) is 0 Å². The minimum atomic E-state index is 0.138. The Morgan fingerprint density at radius 3 is 2.50 bits per heavy atom. The number of nitrogens with zero attached hydrogens (tertiary/aromatic N) is 1. The first-order chi connectivity index (χ1) is 7.75. The van der Waals surface area contributed by atoms with Crippen LogP contribution in [0.15, 0.2) is 24.3 Å². The van der Waals surface area contributed by atoms with Crippen LogP contribution in [0.2, 0.25) is 0 Å². The van der Waals surface area contributed by atoms with E-state index in [-0.39, 0.29) is 6.04 Å². The largest absolute Gasteiger partial charge is 0.323 e. The van der Waals surface area contributed by atoms with E-state index in [1.807, 2.05) is 0 Å². The van der Waals surface area contributed by atoms with Gasteiger partial charge in [-0.3, -0.25) is 4.90 Å². The molecule has 0 saturated carbocycles. The predicted octanol–water partition coefficient (Wildman–Crippen LogP) is 0.900. The molecule has 0 amide bonds. The van der Waals surface area contributed by atoms with Crippen LogP contribution in [-0.4, -0.2) is 37.6 Å². The number of hydrogen-bond donors (Lipinski definition) is 2. The summed E-state index contributed by atoms with van der Waals surface area (Å²) in [6, 6.07) is 8.68. The first kappa shape index (κ1) is 11.6. The van der Waals surface area contributed by atoms with Crippen LogP contribution in [0.1, 0.15) is 17.2 Å². The number of nitrogens with two attached hydrogens (primary N) is 1. The molecule has 1 atom stereocenters. The van der Waals surface area contributed by atoms with Crippen molar-refractivity contribution in [2.75, 3.05) is 32.7 Å². The molecule has 0 radical (unpaired) electrons. The standard InChI is InChI=1S/C13H21N3/c1-11-2-4-12(5-3-11)13(14)10-16-8-6-15-7-9-16/h2-5,13,15H,6-10,14H2,1H3. The molecule has 0 spiro atoms. The third-order valence-corrected chi connectivity index (χ3v) is 3.17. The molecule has 1 saturated heterocycles. The van der Waals surface area contributed by atoms with Gasteiger partial charge < -0.3 is 11.1 Å². The summed E-state index contributed by atoms with van der Waals surface area (Å²) in [5.74, 6) is 0. The highest BCUT2D eigenvalue weighted by molar-refractivity contribution is 5.24. The summed E-state index contributed by atoms with van der Waals surface area (Å²) in [5, 5.41) is 3.35. The van der Waals surface area contributed by atoms with Crippen molar-refractivity contribution in [1.29, 1.82) is 0 Å². The van der Waals surface area contributed by atoms with Gasteiger partial charge in [-0.2, -0.15) is 0 Å². The molecule has 1 unspecified atom stereocenters. The lowest BCUT2D eigenvalue weighted by Crippen LogP contribution is -2.45. The number of aryl methyl sites for hydroxylation is 1. The van der Waals surface area contributed by atoms with Gasteiger partial charge in [-0.05, 0) is 12.5 Å². The van der Waals surface area contributed by atoms with Crippen molar-refractivity contribution in [3.63, 3.8) is 0 Å². The second-order valence-corrected chi connectivity index (χ2v) is 4.57. The maximum Gasteiger partial charge on any atom is 0.0424 e. The lowest BCUT2D eigenvalue weighted by atomic mass is 10.1. The molecule has 16 heavy (non-hydrogen) atoms. The fraction of sp³-hybridized carbons (Fsp3) is 0.538. The molecule has 0 bridgehead atoms. The van der Waals surface area contributed by atoms with Crippen LogP contribution in [0, 0.1) is 6.92 Å². The predicted molar refractivity (Wildman–Crippen MR) is 67.4 cm³/mol. The van der Waals surface area contributed by atoms with E-state index >= 15 is 0 Å². The van der Waals surface area contributed by atoms with Crippen LogP contribution in [0.5, 0.6) is 0 Å². The maximum absolute atomic E-state index is 6.21. The Hall–Kier alpha value is -0.900. The molecule has 3 N–H and O–H groups in total. The van der Waals surface area contributed by atoms with Gasteiger partial charge in [-0.25, -0.2) is 0 Å². The van der Waals surface area contributed by atoms with E-state index in [9.17, 15) is 0 Å². The molecular formula is C13H21N3. The van der Waals surface area contributed by atoms with Gasteiger partial charge >= 0.3 is 0 Å². The Morgan fingerprint density at radius 2 is 1.88 bits per heavy atom. The average molecular weight is 219 g/mol. The Labute approximate surface area is 97.6 Å². The summed E-state index contributed by atoms with van der Waals surface area (Å²) < 4.78 is 0. The van der Waals surface area contributed by atoms with E-state index in [0.717, 1.165) is 32.7 Å². The van der Waals surface area contributed by atoms with Crippen LogP contribution >= 0.6 is 0 Å². The number of hydrogen-bond acceptors (Lipinski definition) is 3. The van der Waals surface area contributed by atoms with Gasteiger partial charge in [0.25, 0.3) is 0 Å². The van der Waals surface area contributed by atoms with Crippen molar-refractivity contribution >= 4 is 0 Å². The minimum Gasteiger partial charge on any atom is -0.323 e. The summed E-state index contributed by atoms with van der Waals surface area (Å²) >= 11 is 0. The Balaban J connectivity index is 1.91. The molecular weight excluding hydrogens is 198 g/mol. The van der Waals surface area contributed by atoms with Crippen molar-refractivity contribution in [3.05, 3.63) is 35.4 Å². The van der Waals surface area contributed by atoms with Gasteiger partial charge in [0, 0.05) is 38.8 Å². The molecule has 1 aromatic rings. The second kappa shape index (κ2) is 5.43. The summed E-state index contributed by atoms with van der Waals surface area (Å²) in [7, 11) is 0. The van der Waals surface area contributed by atoms with Crippen LogP contribution in [0.4, 0.5) is 0 Å². The number of rotatable bonds is 3. The van der Waals surface area contributed by atoms with Gasteiger partial charge in [0.05, 0.1) is 0 Å². The SMILES string of the molecule is Cc1ccc(C(N)CN2CCNCC2)cc1. The monoisotopic (exact) mass is 219 g/mol. The fourth-order valence-electron chi connectivity index (χ4n) is 2.09. The van der Waals surface area contributed by atoms with E-state index in [1.165, 1.54) is 11.1 Å². The molecule has 0 aromatic heterocycles. The van der Waals surface area contributed by atoms with Gasteiger partial charge in [-0.1, -0.05) is 29.8 Å². The Morgan fingerprint density at radius 1 is 1.25 bits per heavy atom. The number of piperazine rings is 1. The van der Waals surface area contributed by atoms with Crippen LogP contribution in [0.25, 0.3) is 0 Å². The molecule has 1 aliphatic heterocycles. The third kappa shape index (κ3) is 3.04. The molecule has 0 aliphatic carbocycles. The van der Waals surface area contributed by atoms with E-state index in [2.05, 4.69) is 41.4 Å². The quantitative estimate of drug-likeness (QED) is 0.793. The van der Waals surface area contributed by atoms with Crippen LogP contribution < -0.4 is 11.1 Å². The lowest BCUT2D eigenvalue weighted by molar-refractivity contribution is 0.228. The van der Waals surface area contributed by atoms with Gasteiger partial charge in [-0.15, -0.1) is 0 Å². The van der Waals surface area contributed by atoms with Crippen molar-refractivity contribution in [2.24, 2.45) is 5.73 Å². The lowest BCUT2D eigenvalue weighted by Gasteiger charge is -2.29. The zero-order valence-electron chi connectivity index (χ0n) is 9.95. The van der Waals surface area contributed by atoms with E-state index in [4.69, 9.17) is 5.73 Å². The highest BCUT2D eigenvalue weighted by atomic mass is 15.2. The van der Waals surface area contributed by atoms with Gasteiger partial charge in [0.15, 0.2) is 0 Å². The maximum atomic E-state index is 6.21. The normalized spacial score (nSPS) is 19.6. The fourth-order valence-corrected chi connectivity index (χ4v) is 2.09. The first-order valence-electron chi connectivity index (χ1n) is 6.01. The summed E-state index contributed by atoms with van der Waals surface area (Å²) in [5.41, 5.74) is 8.74. The zero-order chi connectivity index (χ0) is 11.4. The van der Waals surface area contributed by atoms with E-state index < -0.39 is 0 Å². The molecule has 2 rings (SSSR count). The van der Waals surface area contributed by atoms with Gasteiger partial charge in [0.2, 0.25) is 0 Å². The summed E-state index contributed by atoms with van der Waals surface area (Å²) in [6.07, 6.45) is 0. The van der Waals surface area contributed by atoms with Crippen molar-refractivity contribution in [3.8, 4) is 0 Å².